The summed E-state index contributed by atoms with van der Waals surface area (Å²) in [5, 5.41) is 11.5. The van der Waals surface area contributed by atoms with E-state index < -0.39 is 36.9 Å². The molecule has 29 heavy (non-hydrogen) atoms. The number of nitrogens with zero attached hydrogens (tertiary/aromatic N) is 2. The molecular weight excluding hydrogens is 416 g/mol. The molecule has 0 radical (unpaired) electrons. The maximum absolute atomic E-state index is 13.2. The quantitative estimate of drug-likeness (QED) is 0.506. The lowest BCUT2D eigenvalue weighted by Crippen LogP contribution is -2.43. The van der Waals surface area contributed by atoms with Gasteiger partial charge in [-0.2, -0.15) is 22.8 Å². The average Bonchev–Trinajstić information content (AvgIpc) is 2.87. The van der Waals surface area contributed by atoms with E-state index in [0.29, 0.717) is 28.9 Å². The molecule has 0 spiro atoms. The van der Waals surface area contributed by atoms with Crippen LogP contribution in [0.2, 0.25) is 0 Å². The van der Waals surface area contributed by atoms with E-state index in [1.54, 1.807) is 18.2 Å². The summed E-state index contributed by atoms with van der Waals surface area (Å²) in [5.41, 5.74) is 6.33. The summed E-state index contributed by atoms with van der Waals surface area (Å²) in [7, 11) is 0. The summed E-state index contributed by atoms with van der Waals surface area (Å²) < 4.78 is 52.7. The van der Waals surface area contributed by atoms with Crippen molar-refractivity contribution in [1.82, 2.24) is 10.2 Å². The second-order valence-electron chi connectivity index (χ2n) is 6.65. The zero-order valence-electron chi connectivity index (χ0n) is 15.3. The van der Waals surface area contributed by atoms with Crippen molar-refractivity contribution in [2.24, 2.45) is 5.73 Å². The van der Waals surface area contributed by atoms with Gasteiger partial charge in [-0.15, -0.1) is 12.4 Å². The third-order valence-electron chi connectivity index (χ3n) is 4.42. The van der Waals surface area contributed by atoms with Crippen molar-refractivity contribution in [1.29, 1.82) is 5.26 Å². The number of likely N-dealkylation sites (tertiary alicyclic amines) is 1. The van der Waals surface area contributed by atoms with Gasteiger partial charge in [-0.3, -0.25) is 9.59 Å². The van der Waals surface area contributed by atoms with Gasteiger partial charge in [0.15, 0.2) is 0 Å². The van der Waals surface area contributed by atoms with Crippen molar-refractivity contribution < 1.29 is 27.2 Å². The molecule has 1 aromatic carbocycles. The molecule has 1 heterocycles. The van der Waals surface area contributed by atoms with E-state index in [4.69, 9.17) is 11.0 Å². The molecule has 160 valence electrons. The Morgan fingerprint density at radius 3 is 2.41 bits per heavy atom. The second-order valence-corrected chi connectivity index (χ2v) is 6.65. The lowest BCUT2D eigenvalue weighted by Gasteiger charge is -2.19. The predicted molar refractivity (Wildman–Crippen MR) is 99.0 cm³/mol. The number of halogens is 5. The molecular formula is C18H21ClF4N4O2. The van der Waals surface area contributed by atoms with Crippen LogP contribution in [-0.2, 0) is 4.79 Å². The first-order chi connectivity index (χ1) is 13.1. The van der Waals surface area contributed by atoms with Gasteiger partial charge in [0.2, 0.25) is 5.91 Å². The summed E-state index contributed by atoms with van der Waals surface area (Å²) in [6, 6.07) is 6.94. The van der Waals surface area contributed by atoms with E-state index in [1.807, 2.05) is 6.07 Å². The second kappa shape index (κ2) is 9.89. The van der Waals surface area contributed by atoms with Crippen LogP contribution in [0.3, 0.4) is 0 Å². The van der Waals surface area contributed by atoms with Crippen LogP contribution in [0.15, 0.2) is 24.3 Å². The van der Waals surface area contributed by atoms with Crippen LogP contribution in [0.25, 0.3) is 0 Å². The number of amides is 2. The zero-order valence-corrected chi connectivity index (χ0v) is 16.2. The van der Waals surface area contributed by atoms with Gasteiger partial charge in [0.05, 0.1) is 30.8 Å². The minimum Gasteiger partial charge on any atom is -0.352 e. The van der Waals surface area contributed by atoms with Crippen molar-refractivity contribution in [3.8, 4) is 6.07 Å². The van der Waals surface area contributed by atoms with E-state index >= 15 is 0 Å². The van der Waals surface area contributed by atoms with Crippen LogP contribution in [0, 0.1) is 11.3 Å². The number of carbonyl (C=O) groups excluding carboxylic acids is 2. The predicted octanol–water partition coefficient (Wildman–Crippen LogP) is 2.32. The van der Waals surface area contributed by atoms with Crippen LogP contribution >= 0.6 is 12.4 Å². The molecule has 0 bridgehead atoms. The van der Waals surface area contributed by atoms with E-state index in [9.17, 15) is 27.2 Å². The lowest BCUT2D eigenvalue weighted by molar-refractivity contribution is -0.172. The molecule has 1 aromatic rings. The van der Waals surface area contributed by atoms with Gasteiger partial charge in [-0.1, -0.05) is 6.07 Å². The number of hydrogen-bond donors (Lipinski definition) is 2. The number of nitriles is 1. The SMILES string of the molecule is Cl.N#Cc1cccc(C(=O)NCCCCC(N)C(=O)N2CC(F)(F)C(F)(F)C2)c1. The molecule has 2 rings (SSSR count). The standard InChI is InChI=1S/C18H20F4N4O2.ClH/c19-17(20)10-26(11-18(17,21)22)16(28)14(24)6-1-2-7-25-15(27)13-5-3-4-12(8-13)9-23;/h3-5,8,14H,1-2,6-7,10-11,24H2,(H,25,27);1H. The van der Waals surface area contributed by atoms with Crippen molar-refractivity contribution >= 4 is 24.2 Å². The number of hydrogen-bond acceptors (Lipinski definition) is 4. The third-order valence-corrected chi connectivity index (χ3v) is 4.42. The zero-order chi connectivity index (χ0) is 20.9. The molecule has 1 aliphatic rings. The van der Waals surface area contributed by atoms with Crippen LogP contribution in [0.5, 0.6) is 0 Å². The van der Waals surface area contributed by atoms with E-state index in [0.717, 1.165) is 0 Å². The van der Waals surface area contributed by atoms with Crippen molar-refractivity contribution in [3.05, 3.63) is 35.4 Å². The Balaban J connectivity index is 0.00000420. The normalized spacial score (nSPS) is 17.7. The van der Waals surface area contributed by atoms with Gasteiger partial charge in [0.25, 0.3) is 5.91 Å². The minimum absolute atomic E-state index is 0. The fourth-order valence-electron chi connectivity index (χ4n) is 2.80. The fourth-order valence-corrected chi connectivity index (χ4v) is 2.80. The molecule has 11 heteroatoms. The van der Waals surface area contributed by atoms with Crippen molar-refractivity contribution in [3.63, 3.8) is 0 Å². The Bertz CT molecular complexity index is 769. The first-order valence-electron chi connectivity index (χ1n) is 8.66. The van der Waals surface area contributed by atoms with Gasteiger partial charge in [0.1, 0.15) is 0 Å². The number of nitrogens with two attached hydrogens (primary N) is 1. The monoisotopic (exact) mass is 436 g/mol. The summed E-state index contributed by atoms with van der Waals surface area (Å²) in [4.78, 5) is 24.3. The third kappa shape index (κ3) is 6.05. The van der Waals surface area contributed by atoms with Gasteiger partial charge in [-0.25, -0.2) is 0 Å². The molecule has 6 nitrogen and oxygen atoms in total. The first kappa shape index (κ1) is 24.7. The summed E-state index contributed by atoms with van der Waals surface area (Å²) in [6.45, 7) is -2.41. The summed E-state index contributed by atoms with van der Waals surface area (Å²) >= 11 is 0. The number of nitrogens with one attached hydrogen (secondary N) is 1. The number of benzene rings is 1. The average molecular weight is 437 g/mol. The maximum atomic E-state index is 13.2. The molecule has 1 aliphatic heterocycles. The number of unbranched alkanes of at least 4 members (excludes halogenated alkanes) is 1. The first-order valence-corrected chi connectivity index (χ1v) is 8.66. The molecule has 1 fully saturated rings. The Morgan fingerprint density at radius 2 is 1.83 bits per heavy atom. The molecule has 0 aromatic heterocycles. The Labute approximate surface area is 171 Å². The van der Waals surface area contributed by atoms with Crippen LogP contribution in [0.1, 0.15) is 35.2 Å². The molecule has 1 atom stereocenters. The van der Waals surface area contributed by atoms with Gasteiger partial charge < -0.3 is 16.0 Å². The lowest BCUT2D eigenvalue weighted by atomic mass is 10.1. The number of carbonyl (C=O) groups is 2. The largest absolute Gasteiger partial charge is 0.352 e. The topological polar surface area (TPSA) is 99.2 Å². The molecule has 2 amide bonds. The number of rotatable bonds is 7. The molecule has 3 N–H and O–H groups in total. The highest BCUT2D eigenvalue weighted by Gasteiger charge is 2.64. The van der Waals surface area contributed by atoms with E-state index in [1.165, 1.54) is 6.07 Å². The maximum Gasteiger partial charge on any atom is 0.329 e. The highest BCUT2D eigenvalue weighted by molar-refractivity contribution is 5.94. The van der Waals surface area contributed by atoms with Gasteiger partial charge >= 0.3 is 11.8 Å². The van der Waals surface area contributed by atoms with Gasteiger partial charge in [-0.05, 0) is 37.5 Å². The Morgan fingerprint density at radius 1 is 1.21 bits per heavy atom. The summed E-state index contributed by atoms with van der Waals surface area (Å²) in [5.74, 6) is -9.81. The Hall–Kier alpha value is -2.38. The minimum atomic E-state index is -4.25. The fraction of sp³-hybridized carbons (Fsp3) is 0.500. The van der Waals surface area contributed by atoms with Crippen molar-refractivity contribution in [2.75, 3.05) is 19.6 Å². The van der Waals surface area contributed by atoms with E-state index in [2.05, 4.69) is 5.32 Å². The van der Waals surface area contributed by atoms with Crippen LogP contribution < -0.4 is 11.1 Å². The van der Waals surface area contributed by atoms with Crippen molar-refractivity contribution in [2.45, 2.75) is 37.1 Å². The highest BCUT2D eigenvalue weighted by Crippen LogP contribution is 2.41. The molecule has 0 aliphatic carbocycles. The van der Waals surface area contributed by atoms with Gasteiger partial charge in [0, 0.05) is 12.1 Å². The molecule has 1 unspecified atom stereocenters. The Kier molecular flexibility index (Phi) is 8.41. The summed E-state index contributed by atoms with van der Waals surface area (Å²) in [6.07, 6.45) is 0.968. The smallest absolute Gasteiger partial charge is 0.329 e. The van der Waals surface area contributed by atoms with E-state index in [-0.39, 0.29) is 31.3 Å². The van der Waals surface area contributed by atoms with Crippen LogP contribution in [0.4, 0.5) is 17.6 Å². The molecule has 1 saturated heterocycles. The van der Waals surface area contributed by atoms with Crippen LogP contribution in [-0.4, -0.2) is 54.2 Å². The molecule has 0 saturated carbocycles. The highest BCUT2D eigenvalue weighted by atomic mass is 35.5. The number of alkyl halides is 4.